The van der Waals surface area contributed by atoms with Gasteiger partial charge in [-0.25, -0.2) is 5.48 Å². The van der Waals surface area contributed by atoms with E-state index < -0.39 is 0 Å². The monoisotopic (exact) mass is 299 g/mol. The molecule has 0 bridgehead atoms. The van der Waals surface area contributed by atoms with E-state index in [1.807, 2.05) is 67.6 Å². The molecular formula is C18H21NO3. The first-order valence-electron chi connectivity index (χ1n) is 7.39. The Kier molecular flexibility index (Phi) is 6.45. The zero-order valence-corrected chi connectivity index (χ0v) is 12.7. The SMILES string of the molecule is CC(CC(=O)NOCCOc1ccccc1)c1ccccc1. The lowest BCUT2D eigenvalue weighted by molar-refractivity contribution is -0.134. The highest BCUT2D eigenvalue weighted by Gasteiger charge is 2.10. The average Bonchev–Trinajstić information content (AvgIpc) is 2.56. The second-order valence-electron chi connectivity index (χ2n) is 5.05. The van der Waals surface area contributed by atoms with Gasteiger partial charge in [0.15, 0.2) is 0 Å². The van der Waals surface area contributed by atoms with Crippen molar-refractivity contribution in [1.82, 2.24) is 5.48 Å². The smallest absolute Gasteiger partial charge is 0.244 e. The van der Waals surface area contributed by atoms with Gasteiger partial charge in [-0.1, -0.05) is 55.5 Å². The van der Waals surface area contributed by atoms with E-state index >= 15 is 0 Å². The number of hydroxylamine groups is 1. The van der Waals surface area contributed by atoms with Gasteiger partial charge < -0.3 is 4.74 Å². The van der Waals surface area contributed by atoms with Crippen LogP contribution < -0.4 is 10.2 Å². The Balaban J connectivity index is 1.60. The molecule has 2 rings (SSSR count). The van der Waals surface area contributed by atoms with Crippen LogP contribution in [0.4, 0.5) is 0 Å². The van der Waals surface area contributed by atoms with Crippen LogP contribution in [0.2, 0.25) is 0 Å². The molecule has 0 heterocycles. The summed E-state index contributed by atoms with van der Waals surface area (Å²) in [5, 5.41) is 0. The molecule has 0 aliphatic heterocycles. The Hall–Kier alpha value is -2.33. The Bertz CT molecular complexity index is 557. The van der Waals surface area contributed by atoms with Crippen LogP contribution in [-0.2, 0) is 9.63 Å². The van der Waals surface area contributed by atoms with E-state index in [0.717, 1.165) is 11.3 Å². The van der Waals surface area contributed by atoms with Gasteiger partial charge in [-0.05, 0) is 23.6 Å². The minimum atomic E-state index is -0.129. The highest BCUT2D eigenvalue weighted by atomic mass is 16.7. The Morgan fingerprint density at radius 1 is 1.00 bits per heavy atom. The highest BCUT2D eigenvalue weighted by molar-refractivity contribution is 5.75. The fourth-order valence-corrected chi connectivity index (χ4v) is 2.07. The van der Waals surface area contributed by atoms with E-state index in [4.69, 9.17) is 9.57 Å². The molecular weight excluding hydrogens is 278 g/mol. The Labute approximate surface area is 131 Å². The quantitative estimate of drug-likeness (QED) is 0.601. The molecule has 4 heteroatoms. The third-order valence-corrected chi connectivity index (χ3v) is 3.24. The van der Waals surface area contributed by atoms with E-state index in [-0.39, 0.29) is 11.8 Å². The van der Waals surface area contributed by atoms with Gasteiger partial charge in [0.25, 0.3) is 0 Å². The van der Waals surface area contributed by atoms with Crippen LogP contribution >= 0.6 is 0 Å². The third-order valence-electron chi connectivity index (χ3n) is 3.24. The summed E-state index contributed by atoms with van der Waals surface area (Å²) in [4.78, 5) is 16.9. The molecule has 22 heavy (non-hydrogen) atoms. The molecule has 1 N–H and O–H groups in total. The lowest BCUT2D eigenvalue weighted by atomic mass is 9.98. The van der Waals surface area contributed by atoms with Gasteiger partial charge in [0.2, 0.25) is 5.91 Å². The summed E-state index contributed by atoms with van der Waals surface area (Å²) in [6.45, 7) is 2.71. The van der Waals surface area contributed by atoms with Crippen LogP contribution in [-0.4, -0.2) is 19.1 Å². The molecule has 0 radical (unpaired) electrons. The molecule has 0 aliphatic rings. The number of ether oxygens (including phenoxy) is 1. The van der Waals surface area contributed by atoms with Gasteiger partial charge in [0, 0.05) is 6.42 Å². The normalized spacial score (nSPS) is 11.7. The number of amides is 1. The van der Waals surface area contributed by atoms with Crippen molar-refractivity contribution in [2.24, 2.45) is 0 Å². The predicted molar refractivity (Wildman–Crippen MR) is 85.5 cm³/mol. The number of hydrogen-bond donors (Lipinski definition) is 1. The molecule has 1 unspecified atom stereocenters. The number of rotatable bonds is 8. The molecule has 2 aromatic carbocycles. The van der Waals surface area contributed by atoms with Crippen molar-refractivity contribution < 1.29 is 14.4 Å². The average molecular weight is 299 g/mol. The lowest BCUT2D eigenvalue weighted by Crippen LogP contribution is -2.26. The maximum absolute atomic E-state index is 11.8. The van der Waals surface area contributed by atoms with E-state index in [0.29, 0.717) is 19.6 Å². The number of hydrogen-bond acceptors (Lipinski definition) is 3. The van der Waals surface area contributed by atoms with Crippen molar-refractivity contribution in [3.05, 3.63) is 66.2 Å². The lowest BCUT2D eigenvalue weighted by Gasteiger charge is -2.12. The zero-order chi connectivity index (χ0) is 15.6. The number of carbonyl (C=O) groups is 1. The van der Waals surface area contributed by atoms with Crippen LogP contribution in [0, 0.1) is 0 Å². The van der Waals surface area contributed by atoms with Crippen molar-refractivity contribution in [2.75, 3.05) is 13.2 Å². The van der Waals surface area contributed by atoms with Gasteiger partial charge in [-0.2, -0.15) is 0 Å². The van der Waals surface area contributed by atoms with Crippen LogP contribution in [0.5, 0.6) is 5.75 Å². The van der Waals surface area contributed by atoms with Crippen LogP contribution in [0.1, 0.15) is 24.8 Å². The summed E-state index contributed by atoms with van der Waals surface area (Å²) in [6, 6.07) is 19.4. The van der Waals surface area contributed by atoms with E-state index in [9.17, 15) is 4.79 Å². The molecule has 0 saturated heterocycles. The second kappa shape index (κ2) is 8.85. The number of carbonyl (C=O) groups excluding carboxylic acids is 1. The summed E-state index contributed by atoms with van der Waals surface area (Å²) in [5.41, 5.74) is 3.59. The fraction of sp³-hybridized carbons (Fsp3) is 0.278. The minimum absolute atomic E-state index is 0.129. The summed E-state index contributed by atoms with van der Waals surface area (Å²) >= 11 is 0. The topological polar surface area (TPSA) is 47.6 Å². The van der Waals surface area contributed by atoms with Crippen LogP contribution in [0.3, 0.4) is 0 Å². The Morgan fingerprint density at radius 2 is 1.64 bits per heavy atom. The standard InChI is InChI=1S/C18H21NO3/c1-15(16-8-4-2-5-9-16)14-18(20)19-22-13-12-21-17-10-6-3-7-11-17/h2-11,15H,12-14H2,1H3,(H,19,20). The molecule has 0 aromatic heterocycles. The maximum atomic E-state index is 11.8. The first-order chi connectivity index (χ1) is 10.8. The molecule has 0 saturated carbocycles. The largest absolute Gasteiger partial charge is 0.491 e. The van der Waals surface area contributed by atoms with Crippen LogP contribution in [0.25, 0.3) is 0 Å². The second-order valence-corrected chi connectivity index (χ2v) is 5.05. The zero-order valence-electron chi connectivity index (χ0n) is 12.7. The number of para-hydroxylation sites is 1. The van der Waals surface area contributed by atoms with E-state index in [2.05, 4.69) is 5.48 Å². The van der Waals surface area contributed by atoms with E-state index in [1.54, 1.807) is 0 Å². The molecule has 2 aromatic rings. The van der Waals surface area contributed by atoms with Crippen molar-refractivity contribution >= 4 is 5.91 Å². The molecule has 0 aliphatic carbocycles. The van der Waals surface area contributed by atoms with E-state index in [1.165, 1.54) is 0 Å². The summed E-state index contributed by atoms with van der Waals surface area (Å²) in [5.74, 6) is 0.816. The van der Waals surface area contributed by atoms with Gasteiger partial charge >= 0.3 is 0 Å². The van der Waals surface area contributed by atoms with Crippen molar-refractivity contribution in [1.29, 1.82) is 0 Å². The predicted octanol–water partition coefficient (Wildman–Crippen LogP) is 3.31. The molecule has 0 fully saturated rings. The number of nitrogens with one attached hydrogen (secondary N) is 1. The molecule has 1 atom stereocenters. The summed E-state index contributed by atoms with van der Waals surface area (Å²) < 4.78 is 5.46. The first kappa shape index (κ1) is 16.0. The van der Waals surface area contributed by atoms with Gasteiger partial charge in [0.1, 0.15) is 19.0 Å². The number of benzene rings is 2. The first-order valence-corrected chi connectivity index (χ1v) is 7.39. The van der Waals surface area contributed by atoms with Crippen LogP contribution in [0.15, 0.2) is 60.7 Å². The van der Waals surface area contributed by atoms with Crippen molar-refractivity contribution in [3.63, 3.8) is 0 Å². The van der Waals surface area contributed by atoms with Crippen molar-refractivity contribution in [2.45, 2.75) is 19.3 Å². The Morgan fingerprint density at radius 3 is 2.32 bits per heavy atom. The molecule has 4 nitrogen and oxygen atoms in total. The van der Waals surface area contributed by atoms with Gasteiger partial charge in [0.05, 0.1) is 0 Å². The van der Waals surface area contributed by atoms with Gasteiger partial charge in [-0.3, -0.25) is 9.63 Å². The third kappa shape index (κ3) is 5.58. The summed E-state index contributed by atoms with van der Waals surface area (Å²) in [6.07, 6.45) is 0.392. The molecule has 0 spiro atoms. The summed E-state index contributed by atoms with van der Waals surface area (Å²) in [7, 11) is 0. The minimum Gasteiger partial charge on any atom is -0.491 e. The maximum Gasteiger partial charge on any atom is 0.244 e. The fourth-order valence-electron chi connectivity index (χ4n) is 2.07. The van der Waals surface area contributed by atoms with Crippen molar-refractivity contribution in [3.8, 4) is 5.75 Å². The molecule has 1 amide bonds. The highest BCUT2D eigenvalue weighted by Crippen LogP contribution is 2.17. The molecule has 116 valence electrons. The van der Waals surface area contributed by atoms with Gasteiger partial charge in [-0.15, -0.1) is 0 Å².